The normalized spacial score (nSPS) is 12.2. The second-order valence-electron chi connectivity index (χ2n) is 5.54. The highest BCUT2D eigenvalue weighted by Crippen LogP contribution is 2.15. The summed E-state index contributed by atoms with van der Waals surface area (Å²) >= 11 is 0. The van der Waals surface area contributed by atoms with Gasteiger partial charge >= 0.3 is 0 Å². The third-order valence-electron chi connectivity index (χ3n) is 3.93. The molecule has 0 saturated heterocycles. The Balaban J connectivity index is 1.71. The van der Waals surface area contributed by atoms with Gasteiger partial charge in [-0.05, 0) is 30.5 Å². The van der Waals surface area contributed by atoms with Crippen molar-refractivity contribution >= 4 is 16.8 Å². The fourth-order valence-electron chi connectivity index (χ4n) is 2.65. The number of benzene rings is 2. The zero-order valence-electron chi connectivity index (χ0n) is 12.7. The predicted molar refractivity (Wildman–Crippen MR) is 90.0 cm³/mol. The number of carbonyl (C=O) groups excluding carboxylic acids is 1. The van der Waals surface area contributed by atoms with Crippen LogP contribution in [0.2, 0.25) is 0 Å². The number of nitrogens with one attached hydrogen (secondary N) is 2. The van der Waals surface area contributed by atoms with E-state index < -0.39 is 0 Å². The van der Waals surface area contributed by atoms with Gasteiger partial charge in [0.05, 0.1) is 0 Å². The summed E-state index contributed by atoms with van der Waals surface area (Å²) in [5, 5.41) is 4.18. The van der Waals surface area contributed by atoms with Crippen LogP contribution in [0.3, 0.4) is 0 Å². The Kier molecular flexibility index (Phi) is 4.24. The third kappa shape index (κ3) is 3.19. The minimum Gasteiger partial charge on any atom is -0.351 e. The highest BCUT2D eigenvalue weighted by atomic mass is 16.1. The van der Waals surface area contributed by atoms with Gasteiger partial charge in [-0.2, -0.15) is 0 Å². The average molecular weight is 292 g/mol. The van der Waals surface area contributed by atoms with Gasteiger partial charge in [0.1, 0.15) is 5.69 Å². The highest BCUT2D eigenvalue weighted by Gasteiger charge is 2.14. The molecule has 2 N–H and O–H groups in total. The molecule has 3 nitrogen and oxygen atoms in total. The predicted octanol–water partition coefficient (Wildman–Crippen LogP) is 3.92. The van der Waals surface area contributed by atoms with Crippen molar-refractivity contribution < 1.29 is 4.79 Å². The van der Waals surface area contributed by atoms with Gasteiger partial charge in [-0.3, -0.25) is 4.79 Å². The second kappa shape index (κ2) is 6.48. The maximum Gasteiger partial charge on any atom is 0.267 e. The first-order valence-electron chi connectivity index (χ1n) is 7.69. The molecule has 0 aliphatic carbocycles. The molecule has 2 aromatic carbocycles. The van der Waals surface area contributed by atoms with Gasteiger partial charge < -0.3 is 10.3 Å². The number of aromatic nitrogens is 1. The van der Waals surface area contributed by atoms with E-state index in [1.807, 2.05) is 48.5 Å². The average Bonchev–Trinajstić information content (AvgIpc) is 2.99. The van der Waals surface area contributed by atoms with Gasteiger partial charge in [0.15, 0.2) is 0 Å². The summed E-state index contributed by atoms with van der Waals surface area (Å²) in [6.45, 7) is 2.10. The molecule has 3 heteroatoms. The molecule has 1 unspecified atom stereocenters. The fourth-order valence-corrected chi connectivity index (χ4v) is 2.65. The lowest BCUT2D eigenvalue weighted by Crippen LogP contribution is -2.36. The molecule has 0 bridgehead atoms. The van der Waals surface area contributed by atoms with Gasteiger partial charge in [0.25, 0.3) is 5.91 Å². The topological polar surface area (TPSA) is 44.9 Å². The number of fused-ring (bicyclic) bond motifs is 1. The van der Waals surface area contributed by atoms with Crippen molar-refractivity contribution in [2.45, 2.75) is 25.8 Å². The van der Waals surface area contributed by atoms with Gasteiger partial charge in [-0.25, -0.2) is 0 Å². The molecule has 22 heavy (non-hydrogen) atoms. The molecule has 1 atom stereocenters. The van der Waals surface area contributed by atoms with Gasteiger partial charge in [-0.15, -0.1) is 0 Å². The number of hydrogen-bond acceptors (Lipinski definition) is 1. The van der Waals surface area contributed by atoms with Gasteiger partial charge in [0, 0.05) is 16.9 Å². The first-order valence-corrected chi connectivity index (χ1v) is 7.69. The summed E-state index contributed by atoms with van der Waals surface area (Å²) in [6, 6.07) is 20.2. The molecular formula is C19H20N2O. The van der Waals surface area contributed by atoms with E-state index in [0.29, 0.717) is 5.69 Å². The number of aromatic amines is 1. The number of rotatable bonds is 5. The molecule has 0 spiro atoms. The number of carbonyl (C=O) groups is 1. The van der Waals surface area contributed by atoms with Crippen molar-refractivity contribution in [2.24, 2.45) is 0 Å². The molecule has 3 aromatic rings. The van der Waals surface area contributed by atoms with Crippen LogP contribution in [-0.4, -0.2) is 16.9 Å². The van der Waals surface area contributed by atoms with Crippen LogP contribution in [0.25, 0.3) is 10.9 Å². The van der Waals surface area contributed by atoms with Crippen molar-refractivity contribution in [2.75, 3.05) is 0 Å². The summed E-state index contributed by atoms with van der Waals surface area (Å²) in [6.07, 6.45) is 1.75. The third-order valence-corrected chi connectivity index (χ3v) is 3.93. The van der Waals surface area contributed by atoms with Crippen molar-refractivity contribution in [1.82, 2.24) is 10.3 Å². The Hall–Kier alpha value is -2.55. The molecule has 0 radical (unpaired) electrons. The number of para-hydroxylation sites is 1. The van der Waals surface area contributed by atoms with Crippen LogP contribution in [0.15, 0.2) is 60.7 Å². The van der Waals surface area contributed by atoms with Crippen LogP contribution in [0, 0.1) is 0 Å². The Morgan fingerprint density at radius 3 is 2.55 bits per heavy atom. The van der Waals surface area contributed by atoms with Crippen molar-refractivity contribution in [3.63, 3.8) is 0 Å². The van der Waals surface area contributed by atoms with Crippen LogP contribution in [0.1, 0.15) is 29.4 Å². The smallest absolute Gasteiger partial charge is 0.267 e. The maximum atomic E-state index is 12.4. The monoisotopic (exact) mass is 292 g/mol. The molecule has 0 fully saturated rings. The standard InChI is InChI=1S/C19H20N2O/c1-2-16(12-14-8-4-3-5-9-14)20-19(22)18-13-15-10-6-7-11-17(15)21-18/h3-11,13,16,21H,2,12H2,1H3,(H,20,22). The summed E-state index contributed by atoms with van der Waals surface area (Å²) in [5.41, 5.74) is 2.85. The zero-order chi connectivity index (χ0) is 15.4. The first kappa shape index (κ1) is 14.4. The SMILES string of the molecule is CCC(Cc1ccccc1)NC(=O)c1cc2ccccc2[nH]1. The zero-order valence-corrected chi connectivity index (χ0v) is 12.7. The molecule has 3 rings (SSSR count). The van der Waals surface area contributed by atoms with Crippen LogP contribution >= 0.6 is 0 Å². The van der Waals surface area contributed by atoms with E-state index in [9.17, 15) is 4.79 Å². The Labute approximate surface area is 130 Å². The van der Waals surface area contributed by atoms with Crippen molar-refractivity contribution in [3.8, 4) is 0 Å². The van der Waals surface area contributed by atoms with E-state index in [0.717, 1.165) is 23.7 Å². The highest BCUT2D eigenvalue weighted by molar-refractivity contribution is 5.98. The molecule has 1 aromatic heterocycles. The van der Waals surface area contributed by atoms with Gasteiger partial charge in [-0.1, -0.05) is 55.5 Å². The Morgan fingerprint density at radius 2 is 1.82 bits per heavy atom. The van der Waals surface area contributed by atoms with Crippen molar-refractivity contribution in [1.29, 1.82) is 0 Å². The molecule has 0 aliphatic heterocycles. The van der Waals surface area contributed by atoms with E-state index >= 15 is 0 Å². The fraction of sp³-hybridized carbons (Fsp3) is 0.211. The van der Waals surface area contributed by atoms with Gasteiger partial charge in [0.2, 0.25) is 0 Å². The van der Waals surface area contributed by atoms with E-state index in [2.05, 4.69) is 29.4 Å². The Morgan fingerprint density at radius 1 is 1.09 bits per heavy atom. The molecule has 0 aliphatic rings. The molecule has 1 amide bonds. The lowest BCUT2D eigenvalue weighted by molar-refractivity contribution is 0.0931. The van der Waals surface area contributed by atoms with Crippen LogP contribution in [0.4, 0.5) is 0 Å². The largest absolute Gasteiger partial charge is 0.351 e. The molecular weight excluding hydrogens is 272 g/mol. The summed E-state index contributed by atoms with van der Waals surface area (Å²) in [7, 11) is 0. The van der Waals surface area contributed by atoms with E-state index in [4.69, 9.17) is 0 Å². The Bertz CT molecular complexity index is 728. The molecule has 0 saturated carbocycles. The summed E-state index contributed by atoms with van der Waals surface area (Å²) in [4.78, 5) is 15.6. The number of amides is 1. The molecule has 112 valence electrons. The maximum absolute atomic E-state index is 12.4. The quantitative estimate of drug-likeness (QED) is 0.735. The van der Waals surface area contributed by atoms with Crippen LogP contribution in [-0.2, 0) is 6.42 Å². The first-order chi connectivity index (χ1) is 10.8. The minimum atomic E-state index is -0.0426. The number of hydrogen-bond donors (Lipinski definition) is 2. The summed E-state index contributed by atoms with van der Waals surface area (Å²) in [5.74, 6) is -0.0426. The van der Waals surface area contributed by atoms with Crippen LogP contribution in [0.5, 0.6) is 0 Å². The second-order valence-corrected chi connectivity index (χ2v) is 5.54. The lowest BCUT2D eigenvalue weighted by atomic mass is 10.0. The van der Waals surface area contributed by atoms with E-state index in [-0.39, 0.29) is 11.9 Å². The minimum absolute atomic E-state index is 0.0426. The summed E-state index contributed by atoms with van der Waals surface area (Å²) < 4.78 is 0. The van der Waals surface area contributed by atoms with E-state index in [1.54, 1.807) is 0 Å². The number of H-pyrrole nitrogens is 1. The van der Waals surface area contributed by atoms with E-state index in [1.165, 1.54) is 5.56 Å². The molecule has 1 heterocycles. The van der Waals surface area contributed by atoms with Crippen molar-refractivity contribution in [3.05, 3.63) is 71.9 Å². The van der Waals surface area contributed by atoms with Crippen LogP contribution < -0.4 is 5.32 Å². The lowest BCUT2D eigenvalue weighted by Gasteiger charge is -2.16.